The van der Waals surface area contributed by atoms with Crippen LogP contribution in [0.1, 0.15) is 5.56 Å². The molecule has 0 radical (unpaired) electrons. The molecule has 178 valence electrons. The van der Waals surface area contributed by atoms with E-state index in [0.717, 1.165) is 12.1 Å². The van der Waals surface area contributed by atoms with Gasteiger partial charge in [-0.1, -0.05) is 23.2 Å². The number of ether oxygens (including phenoxy) is 1. The van der Waals surface area contributed by atoms with Crippen molar-refractivity contribution in [1.82, 2.24) is 15.0 Å². The monoisotopic (exact) mass is 533 g/mol. The van der Waals surface area contributed by atoms with Crippen LogP contribution >= 0.6 is 35.6 Å². The molecule has 0 saturated carbocycles. The summed E-state index contributed by atoms with van der Waals surface area (Å²) in [6.45, 7) is 0. The average molecular weight is 535 g/mol. The van der Waals surface area contributed by atoms with Crippen molar-refractivity contribution in [3.05, 3.63) is 74.8 Å². The number of nitrogens with one attached hydrogen (secondary N) is 4. The van der Waals surface area contributed by atoms with Gasteiger partial charge in [0.2, 0.25) is 0 Å². The summed E-state index contributed by atoms with van der Waals surface area (Å²) >= 11 is 11.8. The zero-order valence-corrected chi connectivity index (χ0v) is 18.9. The predicted molar refractivity (Wildman–Crippen MR) is 125 cm³/mol. The number of aromatic amines is 2. The molecule has 2 aromatic carbocycles. The quantitative estimate of drug-likeness (QED) is 0.241. The molecule has 4 rings (SSSR count). The summed E-state index contributed by atoms with van der Waals surface area (Å²) in [5, 5.41) is 4.35. The number of alkyl halides is 3. The van der Waals surface area contributed by atoms with Gasteiger partial charge in [-0.3, -0.25) is 4.98 Å². The first kappa shape index (κ1) is 25.2. The first-order valence-corrected chi connectivity index (χ1v) is 9.85. The highest BCUT2D eigenvalue weighted by molar-refractivity contribution is 6.34. The first-order chi connectivity index (χ1) is 15.6. The van der Waals surface area contributed by atoms with Crippen LogP contribution in [-0.4, -0.2) is 21.0 Å². The van der Waals surface area contributed by atoms with Gasteiger partial charge in [0.1, 0.15) is 11.3 Å². The fourth-order valence-electron chi connectivity index (χ4n) is 2.89. The molecule has 2 aromatic heterocycles. The molecule has 2 amide bonds. The Balaban J connectivity index is 0.00000324. The molecule has 0 spiro atoms. The number of carbonyl (C=O) groups excluding carboxylic acids is 1. The third-order valence-corrected chi connectivity index (χ3v) is 4.97. The predicted octanol–water partition coefficient (Wildman–Crippen LogP) is 6.43. The Morgan fingerprint density at radius 2 is 1.76 bits per heavy atom. The fourth-order valence-corrected chi connectivity index (χ4v) is 3.33. The maximum atomic E-state index is 13.0. The molecule has 0 unspecified atom stereocenters. The minimum atomic E-state index is -4.67. The summed E-state index contributed by atoms with van der Waals surface area (Å²) in [6, 6.07) is 8.08. The lowest BCUT2D eigenvalue weighted by molar-refractivity contribution is -0.137. The molecular formula is C20H13Cl3F3N5O3. The van der Waals surface area contributed by atoms with Crippen molar-refractivity contribution in [2.45, 2.75) is 6.18 Å². The number of halogens is 6. The number of fused-ring (bicyclic) bond motifs is 1. The van der Waals surface area contributed by atoms with Crippen LogP contribution in [0.25, 0.3) is 11.2 Å². The Morgan fingerprint density at radius 1 is 1.00 bits per heavy atom. The second-order valence-corrected chi connectivity index (χ2v) is 7.44. The lowest BCUT2D eigenvalue weighted by Gasteiger charge is -2.13. The minimum Gasteiger partial charge on any atom is -0.455 e. The lowest BCUT2D eigenvalue weighted by atomic mass is 10.2. The molecular weight excluding hydrogens is 522 g/mol. The van der Waals surface area contributed by atoms with Gasteiger partial charge in [0.25, 0.3) is 0 Å². The van der Waals surface area contributed by atoms with Gasteiger partial charge in [0.15, 0.2) is 11.4 Å². The Hall–Kier alpha value is -3.41. The number of pyridine rings is 1. The lowest BCUT2D eigenvalue weighted by Crippen LogP contribution is -2.20. The highest BCUT2D eigenvalue weighted by atomic mass is 35.5. The molecule has 4 N–H and O–H groups in total. The van der Waals surface area contributed by atoms with E-state index in [2.05, 4.69) is 25.6 Å². The molecule has 2 heterocycles. The van der Waals surface area contributed by atoms with Gasteiger partial charge in [-0.25, -0.2) is 14.6 Å². The normalized spacial score (nSPS) is 11.1. The Morgan fingerprint density at radius 3 is 2.47 bits per heavy atom. The molecule has 0 atom stereocenters. The van der Waals surface area contributed by atoms with Crippen molar-refractivity contribution in [3.8, 4) is 11.5 Å². The molecule has 34 heavy (non-hydrogen) atoms. The maximum absolute atomic E-state index is 13.0. The number of imidazole rings is 1. The summed E-state index contributed by atoms with van der Waals surface area (Å²) in [5.74, 6) is 0.615. The van der Waals surface area contributed by atoms with Gasteiger partial charge in [-0.2, -0.15) is 13.2 Å². The van der Waals surface area contributed by atoms with Gasteiger partial charge in [0, 0.05) is 24.0 Å². The summed E-state index contributed by atoms with van der Waals surface area (Å²) in [6.07, 6.45) is -3.22. The number of aromatic nitrogens is 3. The van der Waals surface area contributed by atoms with E-state index in [1.54, 1.807) is 6.07 Å². The molecule has 0 aliphatic rings. The summed E-state index contributed by atoms with van der Waals surface area (Å²) in [4.78, 5) is 32.8. The smallest absolute Gasteiger partial charge is 0.417 e. The molecule has 0 saturated heterocycles. The minimum absolute atomic E-state index is 0. The molecule has 0 aliphatic carbocycles. The van der Waals surface area contributed by atoms with E-state index in [9.17, 15) is 22.8 Å². The van der Waals surface area contributed by atoms with Crippen molar-refractivity contribution in [2.75, 3.05) is 10.6 Å². The van der Waals surface area contributed by atoms with Crippen LogP contribution in [-0.2, 0) is 6.18 Å². The van der Waals surface area contributed by atoms with Crippen molar-refractivity contribution < 1.29 is 22.7 Å². The number of nitrogens with zero attached hydrogens (tertiary/aromatic N) is 1. The first-order valence-electron chi connectivity index (χ1n) is 9.09. The number of carbonyl (C=O) groups is 1. The van der Waals surface area contributed by atoms with Crippen LogP contribution in [0.4, 0.5) is 29.3 Å². The number of hydrogen-bond donors (Lipinski definition) is 4. The highest BCUT2D eigenvalue weighted by Gasteiger charge is 2.33. The number of anilines is 2. The number of benzene rings is 2. The van der Waals surface area contributed by atoms with Crippen molar-refractivity contribution >= 4 is 64.2 Å². The number of urea groups is 1. The van der Waals surface area contributed by atoms with E-state index < -0.39 is 28.5 Å². The van der Waals surface area contributed by atoms with Crippen LogP contribution in [0.5, 0.6) is 11.5 Å². The number of hydrogen-bond acceptors (Lipinski definition) is 4. The Kier molecular flexibility index (Phi) is 7.29. The van der Waals surface area contributed by atoms with Gasteiger partial charge >= 0.3 is 17.9 Å². The van der Waals surface area contributed by atoms with Crippen LogP contribution in [0.3, 0.4) is 0 Å². The fraction of sp³-hybridized carbons (Fsp3) is 0.0500. The second-order valence-electron chi connectivity index (χ2n) is 6.63. The van der Waals surface area contributed by atoms with Gasteiger partial charge < -0.3 is 20.4 Å². The van der Waals surface area contributed by atoms with Gasteiger partial charge in [-0.15, -0.1) is 12.4 Å². The van der Waals surface area contributed by atoms with E-state index in [-0.39, 0.29) is 28.8 Å². The third-order valence-electron chi connectivity index (χ3n) is 4.33. The van der Waals surface area contributed by atoms with E-state index in [0.29, 0.717) is 22.7 Å². The topological polar surface area (TPSA) is 112 Å². The molecule has 0 bridgehead atoms. The van der Waals surface area contributed by atoms with Crippen LogP contribution in [0.15, 0.2) is 53.5 Å². The highest BCUT2D eigenvalue weighted by Crippen LogP contribution is 2.36. The van der Waals surface area contributed by atoms with E-state index >= 15 is 0 Å². The molecule has 8 nitrogen and oxygen atoms in total. The SMILES string of the molecule is Cl.O=C(Nc1ccc(Cl)c(C(F)(F)F)c1)Nc1ccc(Oc2ccnc3[nH]c(=O)[nH]c23)cc1Cl. The largest absolute Gasteiger partial charge is 0.455 e. The number of amides is 2. The molecule has 0 fully saturated rings. The van der Waals surface area contributed by atoms with Gasteiger partial charge in [0.05, 0.1) is 21.3 Å². The number of H-pyrrole nitrogens is 2. The third kappa shape index (κ3) is 5.56. The molecule has 14 heteroatoms. The van der Waals surface area contributed by atoms with E-state index in [1.165, 1.54) is 30.5 Å². The standard InChI is InChI=1S/C20H12Cl2F3N5O3.ClH/c21-12-3-1-9(7-11(12)20(23,24)25)27-18(31)28-14-4-2-10(8-13(14)22)33-15-5-6-26-17-16(15)29-19(32)30-17;/h1-8H,(H2,27,28,31)(H2,26,29,30,32);1H. The average Bonchev–Trinajstić information content (AvgIpc) is 3.12. The number of rotatable bonds is 4. The second kappa shape index (κ2) is 9.84. The summed E-state index contributed by atoms with van der Waals surface area (Å²) in [7, 11) is 0. The Bertz CT molecular complexity index is 1420. The van der Waals surface area contributed by atoms with E-state index in [4.69, 9.17) is 27.9 Å². The van der Waals surface area contributed by atoms with E-state index in [1.807, 2.05) is 0 Å². The van der Waals surface area contributed by atoms with Crippen molar-refractivity contribution in [2.24, 2.45) is 0 Å². The molecule has 0 aliphatic heterocycles. The van der Waals surface area contributed by atoms with Gasteiger partial charge in [-0.05, 0) is 30.3 Å². The van der Waals surface area contributed by atoms with Crippen LogP contribution in [0, 0.1) is 0 Å². The zero-order chi connectivity index (χ0) is 23.8. The zero-order valence-electron chi connectivity index (χ0n) is 16.6. The van der Waals surface area contributed by atoms with Crippen molar-refractivity contribution in [1.29, 1.82) is 0 Å². The maximum Gasteiger partial charge on any atom is 0.417 e. The summed E-state index contributed by atoms with van der Waals surface area (Å²) in [5.41, 5.74) is -0.768. The van der Waals surface area contributed by atoms with Crippen LogP contribution < -0.4 is 21.1 Å². The summed E-state index contributed by atoms with van der Waals surface area (Å²) < 4.78 is 44.7. The molecule has 4 aromatic rings. The van der Waals surface area contributed by atoms with Crippen molar-refractivity contribution in [3.63, 3.8) is 0 Å². The Labute approximate surface area is 204 Å². The van der Waals surface area contributed by atoms with Crippen LogP contribution in [0.2, 0.25) is 10.0 Å².